The number of para-hydroxylation sites is 2. The van der Waals surface area contributed by atoms with Gasteiger partial charge in [-0.05, 0) is 51.3 Å². The number of amidine groups is 1. The average Bonchev–Trinajstić information content (AvgIpc) is 2.66. The van der Waals surface area contributed by atoms with E-state index >= 15 is 0 Å². The van der Waals surface area contributed by atoms with Crippen molar-refractivity contribution in [1.29, 1.82) is 0 Å². The van der Waals surface area contributed by atoms with Crippen LogP contribution in [0.1, 0.15) is 129 Å². The van der Waals surface area contributed by atoms with Gasteiger partial charge in [0.1, 0.15) is 5.84 Å². The quantitative estimate of drug-likeness (QED) is 0.340. The maximum absolute atomic E-state index is 5.39. The minimum atomic E-state index is 0.126. The molecule has 0 aliphatic rings. The highest BCUT2D eigenvalue weighted by Gasteiger charge is 2.21. The van der Waals surface area contributed by atoms with Gasteiger partial charge in [0.15, 0.2) is 0 Å². The molecule has 2 rings (SSSR count). The maximum Gasteiger partial charge on any atom is 0.107 e. The lowest BCUT2D eigenvalue weighted by molar-refractivity contribution is 0.433. The lowest BCUT2D eigenvalue weighted by Crippen LogP contribution is -2.22. The summed E-state index contributed by atoms with van der Waals surface area (Å²) in [6.07, 6.45) is 0.890. The molecule has 0 fully saturated rings. The van der Waals surface area contributed by atoms with Gasteiger partial charge in [0.25, 0.3) is 0 Å². The fourth-order valence-corrected chi connectivity index (χ4v) is 4.23. The SMILES string of the molecule is CC(C)c1cccc(C(C)C)c1N=C(CC(C)(C)C)Nc1c(C(C)C)cccc1C(C)C. The summed E-state index contributed by atoms with van der Waals surface area (Å²) in [6.45, 7) is 25.0. The van der Waals surface area contributed by atoms with Gasteiger partial charge in [-0.2, -0.15) is 0 Å². The van der Waals surface area contributed by atoms with Crippen LogP contribution in [-0.2, 0) is 0 Å². The molecule has 0 spiro atoms. The third kappa shape index (κ3) is 6.70. The number of benzene rings is 2. The molecule has 2 heteroatoms. The van der Waals surface area contributed by atoms with Crippen LogP contribution in [0, 0.1) is 5.41 Å². The second kappa shape index (κ2) is 10.7. The van der Waals surface area contributed by atoms with Crippen LogP contribution in [-0.4, -0.2) is 5.84 Å². The molecule has 0 bridgehead atoms. The van der Waals surface area contributed by atoms with E-state index in [0.717, 1.165) is 17.9 Å². The highest BCUT2D eigenvalue weighted by molar-refractivity contribution is 5.99. The predicted molar refractivity (Wildman–Crippen MR) is 144 cm³/mol. The van der Waals surface area contributed by atoms with Crippen molar-refractivity contribution in [1.82, 2.24) is 0 Å². The lowest BCUT2D eigenvalue weighted by atomic mass is 9.89. The van der Waals surface area contributed by atoms with Crippen molar-refractivity contribution in [2.75, 3.05) is 5.32 Å². The van der Waals surface area contributed by atoms with Gasteiger partial charge in [-0.3, -0.25) is 0 Å². The molecule has 2 aromatic rings. The van der Waals surface area contributed by atoms with Gasteiger partial charge in [-0.1, -0.05) is 113 Å². The molecule has 0 amide bonds. The Balaban J connectivity index is 2.74. The number of anilines is 1. The number of nitrogens with one attached hydrogen (secondary N) is 1. The Bertz CT molecular complexity index is 872. The summed E-state index contributed by atoms with van der Waals surface area (Å²) < 4.78 is 0. The molecule has 0 saturated heterocycles. The zero-order valence-electron chi connectivity index (χ0n) is 22.4. The predicted octanol–water partition coefficient (Wildman–Crippen LogP) is 9.76. The van der Waals surface area contributed by atoms with E-state index in [-0.39, 0.29) is 5.41 Å². The fourth-order valence-electron chi connectivity index (χ4n) is 4.23. The van der Waals surface area contributed by atoms with Crippen molar-refractivity contribution in [3.63, 3.8) is 0 Å². The van der Waals surface area contributed by atoms with E-state index in [1.54, 1.807) is 0 Å². The van der Waals surface area contributed by atoms with E-state index in [1.165, 1.54) is 27.9 Å². The summed E-state index contributed by atoms with van der Waals surface area (Å²) in [7, 11) is 0. The van der Waals surface area contributed by atoms with Crippen LogP contribution in [0.2, 0.25) is 0 Å². The number of nitrogens with zero attached hydrogens (tertiary/aromatic N) is 1. The molecule has 0 radical (unpaired) electrons. The molecule has 0 unspecified atom stereocenters. The average molecular weight is 435 g/mol. The molecule has 1 N–H and O–H groups in total. The van der Waals surface area contributed by atoms with Gasteiger partial charge in [0.2, 0.25) is 0 Å². The first-order chi connectivity index (χ1) is 14.8. The van der Waals surface area contributed by atoms with E-state index < -0.39 is 0 Å². The van der Waals surface area contributed by atoms with Crippen LogP contribution in [0.5, 0.6) is 0 Å². The second-order valence-corrected chi connectivity index (χ2v) is 11.6. The first kappa shape index (κ1) is 26.2. The third-order valence-corrected chi connectivity index (χ3v) is 5.93. The highest BCUT2D eigenvalue weighted by Crippen LogP contribution is 2.37. The molecule has 0 aromatic heterocycles. The monoisotopic (exact) mass is 434 g/mol. The standard InChI is InChI=1S/C30H46N2/c1-19(2)23-14-12-15-24(20(3)4)28(23)31-27(18-30(9,10)11)32-29-25(21(5)6)16-13-17-26(29)22(7)8/h12-17,19-22H,18H2,1-11H3,(H,31,32). The number of hydrogen-bond acceptors (Lipinski definition) is 1. The minimum Gasteiger partial charge on any atom is -0.343 e. The summed E-state index contributed by atoms with van der Waals surface area (Å²) in [5, 5.41) is 3.87. The molecule has 0 atom stereocenters. The van der Waals surface area contributed by atoms with Gasteiger partial charge in [0, 0.05) is 12.1 Å². The van der Waals surface area contributed by atoms with Crippen molar-refractivity contribution < 1.29 is 0 Å². The topological polar surface area (TPSA) is 24.4 Å². The summed E-state index contributed by atoms with van der Waals surface area (Å²) in [5.41, 5.74) is 7.89. The van der Waals surface area contributed by atoms with Crippen molar-refractivity contribution in [3.05, 3.63) is 58.7 Å². The third-order valence-electron chi connectivity index (χ3n) is 5.93. The van der Waals surface area contributed by atoms with E-state index in [1.807, 2.05) is 0 Å². The summed E-state index contributed by atoms with van der Waals surface area (Å²) in [6, 6.07) is 13.4. The summed E-state index contributed by atoms with van der Waals surface area (Å²) >= 11 is 0. The first-order valence-electron chi connectivity index (χ1n) is 12.4. The maximum atomic E-state index is 5.39. The zero-order chi connectivity index (χ0) is 24.2. The van der Waals surface area contributed by atoms with Crippen LogP contribution in [0.4, 0.5) is 11.4 Å². The van der Waals surface area contributed by atoms with Crippen molar-refractivity contribution in [2.45, 2.75) is 106 Å². The van der Waals surface area contributed by atoms with E-state index in [4.69, 9.17) is 4.99 Å². The number of rotatable bonds is 7. The zero-order valence-corrected chi connectivity index (χ0v) is 22.4. The van der Waals surface area contributed by atoms with Crippen LogP contribution in [0.25, 0.3) is 0 Å². The number of aliphatic imine (C=N–C) groups is 1. The molecule has 0 aliphatic carbocycles. The van der Waals surface area contributed by atoms with Gasteiger partial charge < -0.3 is 5.32 Å². The Kier molecular flexibility index (Phi) is 8.74. The Morgan fingerprint density at radius 3 is 1.41 bits per heavy atom. The molecular weight excluding hydrogens is 388 g/mol. The van der Waals surface area contributed by atoms with Gasteiger partial charge in [0.05, 0.1) is 5.69 Å². The van der Waals surface area contributed by atoms with Gasteiger partial charge >= 0.3 is 0 Å². The van der Waals surface area contributed by atoms with Crippen LogP contribution in [0.15, 0.2) is 41.4 Å². The highest BCUT2D eigenvalue weighted by atomic mass is 15.0. The minimum absolute atomic E-state index is 0.126. The first-order valence-corrected chi connectivity index (χ1v) is 12.4. The molecule has 2 nitrogen and oxygen atoms in total. The lowest BCUT2D eigenvalue weighted by Gasteiger charge is -2.26. The molecule has 176 valence electrons. The largest absolute Gasteiger partial charge is 0.343 e. The van der Waals surface area contributed by atoms with E-state index in [2.05, 4.69) is 118 Å². The van der Waals surface area contributed by atoms with Crippen molar-refractivity contribution >= 4 is 17.2 Å². The summed E-state index contributed by atoms with van der Waals surface area (Å²) in [4.78, 5) is 5.39. The molecule has 0 aliphatic heterocycles. The second-order valence-electron chi connectivity index (χ2n) is 11.6. The molecular formula is C30H46N2. The van der Waals surface area contributed by atoms with Crippen LogP contribution < -0.4 is 5.32 Å². The Hall–Kier alpha value is -2.09. The van der Waals surface area contributed by atoms with Gasteiger partial charge in [-0.25, -0.2) is 4.99 Å². The molecule has 0 heterocycles. The Morgan fingerprint density at radius 1 is 0.688 bits per heavy atom. The van der Waals surface area contributed by atoms with Crippen molar-refractivity contribution in [3.8, 4) is 0 Å². The smallest absolute Gasteiger partial charge is 0.107 e. The normalized spacial score (nSPS) is 13.0. The van der Waals surface area contributed by atoms with Crippen LogP contribution >= 0.6 is 0 Å². The molecule has 32 heavy (non-hydrogen) atoms. The Morgan fingerprint density at radius 2 is 1.06 bits per heavy atom. The van der Waals surface area contributed by atoms with E-state index in [0.29, 0.717) is 23.7 Å². The van der Waals surface area contributed by atoms with Gasteiger partial charge in [-0.15, -0.1) is 0 Å². The van der Waals surface area contributed by atoms with Crippen molar-refractivity contribution in [2.24, 2.45) is 10.4 Å². The Labute approximate surface area is 198 Å². The van der Waals surface area contributed by atoms with E-state index in [9.17, 15) is 0 Å². The fraction of sp³-hybridized carbons (Fsp3) is 0.567. The summed E-state index contributed by atoms with van der Waals surface area (Å²) in [5.74, 6) is 2.81. The van der Waals surface area contributed by atoms with Crippen LogP contribution in [0.3, 0.4) is 0 Å². The number of hydrogen-bond donors (Lipinski definition) is 1. The molecule has 2 aromatic carbocycles. The molecule has 0 saturated carbocycles.